The fourth-order valence-corrected chi connectivity index (χ4v) is 3.77. The van der Waals surface area contributed by atoms with Gasteiger partial charge in [0.15, 0.2) is 23.0 Å². The summed E-state index contributed by atoms with van der Waals surface area (Å²) in [6.07, 6.45) is 1.19. The summed E-state index contributed by atoms with van der Waals surface area (Å²) in [7, 11) is 0. The first-order chi connectivity index (χ1) is 16.3. The van der Waals surface area contributed by atoms with E-state index in [0.717, 1.165) is 5.56 Å². The zero-order chi connectivity index (χ0) is 24.4. The van der Waals surface area contributed by atoms with E-state index in [-0.39, 0.29) is 51.8 Å². The Morgan fingerprint density at radius 3 is 2.32 bits per heavy atom. The van der Waals surface area contributed by atoms with Crippen molar-refractivity contribution in [3.63, 3.8) is 0 Å². The molecule has 4 aromatic rings. The van der Waals surface area contributed by atoms with Gasteiger partial charge in [-0.3, -0.25) is 9.59 Å². The highest BCUT2D eigenvalue weighted by Gasteiger charge is 2.25. The van der Waals surface area contributed by atoms with Crippen LogP contribution in [0.2, 0.25) is 0 Å². The minimum Gasteiger partial charge on any atom is -0.504 e. The number of nitrogen functional groups attached to an aromatic ring is 2. The molecule has 0 radical (unpaired) electrons. The number of benzene rings is 3. The second-order valence-electron chi connectivity index (χ2n) is 7.94. The van der Waals surface area contributed by atoms with E-state index in [2.05, 4.69) is 0 Å². The molecule has 0 fully saturated rings. The zero-order valence-electron chi connectivity index (χ0n) is 18.5. The van der Waals surface area contributed by atoms with Crippen molar-refractivity contribution in [3.8, 4) is 17.2 Å². The fourth-order valence-electron chi connectivity index (χ4n) is 3.77. The van der Waals surface area contributed by atoms with Crippen molar-refractivity contribution in [1.29, 1.82) is 0 Å². The number of aromatic hydroxyl groups is 2. The van der Waals surface area contributed by atoms with Gasteiger partial charge < -0.3 is 30.8 Å². The summed E-state index contributed by atoms with van der Waals surface area (Å²) in [6.45, 7) is 1.94. The Hall–Kier alpha value is -4.46. The van der Waals surface area contributed by atoms with Crippen LogP contribution in [0.3, 0.4) is 0 Å². The molecule has 0 amide bonds. The molecule has 4 rings (SSSR count). The van der Waals surface area contributed by atoms with Gasteiger partial charge in [0.1, 0.15) is 11.3 Å². The van der Waals surface area contributed by atoms with Crippen molar-refractivity contribution in [2.75, 3.05) is 11.5 Å². The zero-order valence-corrected chi connectivity index (χ0v) is 18.5. The molecule has 8 heteroatoms. The SMILES string of the molecule is CCCc1oc2cc(OC(=O)Cc3ccccc3)c(O)cc2c1C(=O)c1cc(N)c(O)c(N)c1. The molecule has 3 aromatic carbocycles. The van der Waals surface area contributed by atoms with Crippen LogP contribution < -0.4 is 16.2 Å². The van der Waals surface area contributed by atoms with Crippen molar-refractivity contribution < 1.29 is 29.0 Å². The Morgan fingerprint density at radius 1 is 1.00 bits per heavy atom. The molecule has 8 nitrogen and oxygen atoms in total. The lowest BCUT2D eigenvalue weighted by atomic mass is 9.97. The predicted octanol–water partition coefficient (Wildman–Crippen LogP) is 4.34. The number of ether oxygens (including phenoxy) is 1. The summed E-state index contributed by atoms with van der Waals surface area (Å²) in [4.78, 5) is 25.8. The average molecular weight is 460 g/mol. The smallest absolute Gasteiger partial charge is 0.315 e. The molecule has 1 heterocycles. The molecule has 0 bridgehead atoms. The number of hydrogen-bond acceptors (Lipinski definition) is 8. The lowest BCUT2D eigenvalue weighted by Crippen LogP contribution is -2.11. The van der Waals surface area contributed by atoms with Gasteiger partial charge in [0.05, 0.1) is 23.4 Å². The van der Waals surface area contributed by atoms with Crippen LogP contribution >= 0.6 is 0 Å². The van der Waals surface area contributed by atoms with E-state index < -0.39 is 11.8 Å². The number of nitrogens with two attached hydrogens (primary N) is 2. The normalized spacial score (nSPS) is 11.0. The minimum atomic E-state index is -0.549. The third-order valence-corrected chi connectivity index (χ3v) is 5.39. The number of ketones is 1. The molecule has 0 saturated heterocycles. The van der Waals surface area contributed by atoms with E-state index in [1.54, 1.807) is 12.1 Å². The number of anilines is 2. The van der Waals surface area contributed by atoms with Crippen LogP contribution in [0.5, 0.6) is 17.2 Å². The molecule has 34 heavy (non-hydrogen) atoms. The van der Waals surface area contributed by atoms with Crippen LogP contribution in [0.1, 0.15) is 40.6 Å². The number of esters is 1. The van der Waals surface area contributed by atoms with Gasteiger partial charge in [0.2, 0.25) is 0 Å². The van der Waals surface area contributed by atoms with Gasteiger partial charge in [-0.25, -0.2) is 0 Å². The predicted molar refractivity (Wildman–Crippen MR) is 128 cm³/mol. The molecule has 1 aromatic heterocycles. The van der Waals surface area contributed by atoms with Crippen LogP contribution in [-0.4, -0.2) is 22.0 Å². The Morgan fingerprint density at radius 2 is 1.68 bits per heavy atom. The topological polar surface area (TPSA) is 149 Å². The molecular formula is C26H24N2O6. The standard InChI is InChI=1S/C26H24N2O6/c1-2-6-20-24(25(31)15-10-17(27)26(32)18(28)11-15)16-12-19(29)22(13-21(16)33-20)34-23(30)9-14-7-4-3-5-8-14/h3-5,7-8,10-13,29,32H,2,6,9,27-28H2,1H3. The molecule has 0 atom stereocenters. The van der Waals surface area contributed by atoms with E-state index in [4.69, 9.17) is 20.6 Å². The highest BCUT2D eigenvalue weighted by molar-refractivity contribution is 6.18. The highest BCUT2D eigenvalue weighted by Crippen LogP contribution is 2.38. The maximum Gasteiger partial charge on any atom is 0.315 e. The number of phenols is 2. The summed E-state index contributed by atoms with van der Waals surface area (Å²) < 4.78 is 11.3. The van der Waals surface area contributed by atoms with Gasteiger partial charge >= 0.3 is 5.97 Å². The first-order valence-electron chi connectivity index (χ1n) is 10.7. The van der Waals surface area contributed by atoms with E-state index in [1.165, 1.54) is 24.3 Å². The number of furan rings is 1. The molecule has 6 N–H and O–H groups in total. The number of rotatable bonds is 7. The van der Waals surface area contributed by atoms with Crippen molar-refractivity contribution in [2.45, 2.75) is 26.2 Å². The molecular weight excluding hydrogens is 436 g/mol. The molecule has 0 unspecified atom stereocenters. The molecule has 174 valence electrons. The maximum absolute atomic E-state index is 13.4. The Balaban J connectivity index is 1.72. The quantitative estimate of drug-likeness (QED) is 0.105. The number of phenolic OH excluding ortho intramolecular Hbond substituents is 2. The Labute approximate surface area is 195 Å². The number of carbonyl (C=O) groups excluding carboxylic acids is 2. The second-order valence-corrected chi connectivity index (χ2v) is 7.94. The van der Waals surface area contributed by atoms with Gasteiger partial charge in [-0.2, -0.15) is 0 Å². The summed E-state index contributed by atoms with van der Waals surface area (Å²) in [6, 6.07) is 14.5. The average Bonchev–Trinajstić information content (AvgIpc) is 3.14. The van der Waals surface area contributed by atoms with Crippen LogP contribution in [-0.2, 0) is 17.6 Å². The van der Waals surface area contributed by atoms with E-state index >= 15 is 0 Å². The molecule has 0 saturated carbocycles. The molecule has 0 aliphatic rings. The monoisotopic (exact) mass is 460 g/mol. The lowest BCUT2D eigenvalue weighted by molar-refractivity contribution is -0.133. The Bertz CT molecular complexity index is 1370. The van der Waals surface area contributed by atoms with Crippen LogP contribution in [0.4, 0.5) is 11.4 Å². The largest absolute Gasteiger partial charge is 0.504 e. The number of fused-ring (bicyclic) bond motifs is 1. The fraction of sp³-hybridized carbons (Fsp3) is 0.154. The summed E-state index contributed by atoms with van der Waals surface area (Å²) in [5, 5.41) is 20.8. The van der Waals surface area contributed by atoms with Gasteiger partial charge in [-0.1, -0.05) is 37.3 Å². The van der Waals surface area contributed by atoms with Crippen LogP contribution in [0.25, 0.3) is 11.0 Å². The number of aryl methyl sites for hydroxylation is 1. The van der Waals surface area contributed by atoms with Gasteiger partial charge in [-0.15, -0.1) is 0 Å². The summed E-state index contributed by atoms with van der Waals surface area (Å²) in [5.74, 6) is -1.22. The Kier molecular flexibility index (Phi) is 6.14. The van der Waals surface area contributed by atoms with Crippen molar-refractivity contribution in [3.05, 3.63) is 77.0 Å². The third-order valence-electron chi connectivity index (χ3n) is 5.39. The summed E-state index contributed by atoms with van der Waals surface area (Å²) in [5.41, 5.74) is 13.0. The van der Waals surface area contributed by atoms with E-state index in [1.807, 2.05) is 25.1 Å². The highest BCUT2D eigenvalue weighted by atomic mass is 16.5. The first kappa shape index (κ1) is 22.7. The van der Waals surface area contributed by atoms with Gasteiger partial charge in [0.25, 0.3) is 0 Å². The molecule has 0 spiro atoms. The lowest BCUT2D eigenvalue weighted by Gasteiger charge is -2.08. The number of hydrogen-bond donors (Lipinski definition) is 4. The van der Waals surface area contributed by atoms with Crippen LogP contribution in [0, 0.1) is 0 Å². The van der Waals surface area contributed by atoms with E-state index in [9.17, 15) is 19.8 Å². The van der Waals surface area contributed by atoms with Crippen LogP contribution in [0.15, 0.2) is 59.0 Å². The van der Waals surface area contributed by atoms with Crippen molar-refractivity contribution in [1.82, 2.24) is 0 Å². The number of carbonyl (C=O) groups is 2. The minimum absolute atomic E-state index is 0.0244. The first-order valence-corrected chi connectivity index (χ1v) is 10.7. The molecule has 0 aliphatic heterocycles. The van der Waals surface area contributed by atoms with Crippen molar-refractivity contribution >= 4 is 34.1 Å². The second kappa shape index (κ2) is 9.19. The molecule has 0 aliphatic carbocycles. The van der Waals surface area contributed by atoms with Gasteiger partial charge in [0, 0.05) is 23.4 Å². The van der Waals surface area contributed by atoms with Gasteiger partial charge in [-0.05, 0) is 30.2 Å². The third kappa shape index (κ3) is 4.38. The summed E-state index contributed by atoms with van der Waals surface area (Å²) >= 11 is 0. The van der Waals surface area contributed by atoms with E-state index in [0.29, 0.717) is 24.0 Å². The van der Waals surface area contributed by atoms with Crippen molar-refractivity contribution in [2.24, 2.45) is 0 Å². The maximum atomic E-state index is 13.4.